The van der Waals surface area contributed by atoms with Crippen molar-refractivity contribution >= 4 is 75.5 Å². The number of furan rings is 1. The number of rotatable bonds is 2. The van der Waals surface area contributed by atoms with Crippen molar-refractivity contribution in [1.29, 1.82) is 0 Å². The van der Waals surface area contributed by atoms with Crippen LogP contribution in [0.4, 0.5) is 0 Å². The quantitative estimate of drug-likeness (QED) is 0.206. The van der Waals surface area contributed by atoms with Gasteiger partial charge in [-0.15, -0.1) is 11.3 Å². The van der Waals surface area contributed by atoms with Crippen LogP contribution in [-0.2, 0) is 0 Å². The van der Waals surface area contributed by atoms with E-state index in [2.05, 4.69) is 134 Å². The zero-order valence-electron chi connectivity index (χ0n) is 23.9. The van der Waals surface area contributed by atoms with Crippen LogP contribution in [0.1, 0.15) is 22.3 Å². The molecule has 0 aliphatic carbocycles. The lowest BCUT2D eigenvalue weighted by Crippen LogP contribution is -1.94. The molecule has 4 aromatic heterocycles. The summed E-state index contributed by atoms with van der Waals surface area (Å²) in [5, 5.41) is 4.80. The average molecular weight is 561 g/mol. The Kier molecular flexibility index (Phi) is 4.76. The van der Waals surface area contributed by atoms with E-state index in [1.54, 1.807) is 0 Å². The van der Waals surface area contributed by atoms with Crippen LogP contribution >= 0.6 is 11.3 Å². The highest BCUT2D eigenvalue weighted by atomic mass is 32.1. The smallest absolute Gasteiger partial charge is 0.154 e. The SMILES string of the molecule is Cc1ccc(-n2c3cc(C)ccc3c3c2c2cc4oc5c6ccc(C)cc6sc5c4cc2n3-c2ccc(C)cc2)cc1. The highest BCUT2D eigenvalue weighted by Crippen LogP contribution is 2.46. The summed E-state index contributed by atoms with van der Waals surface area (Å²) >= 11 is 1.83. The zero-order chi connectivity index (χ0) is 28.3. The second-order valence-corrected chi connectivity index (χ2v) is 12.8. The molecule has 0 atom stereocenters. The van der Waals surface area contributed by atoms with Crippen LogP contribution in [0.2, 0.25) is 0 Å². The monoisotopic (exact) mass is 560 g/mol. The van der Waals surface area contributed by atoms with Gasteiger partial charge in [-0.05, 0) is 93.4 Å². The fraction of sp³-hybridized carbons (Fsp3) is 0.105. The summed E-state index contributed by atoms with van der Waals surface area (Å²) in [5.74, 6) is 0. The number of nitrogens with zero attached hydrogens (tertiary/aromatic N) is 2. The largest absolute Gasteiger partial charge is 0.454 e. The summed E-state index contributed by atoms with van der Waals surface area (Å²) in [5.41, 5.74) is 14.1. The molecule has 0 fully saturated rings. The predicted octanol–water partition coefficient (Wildman–Crippen LogP) is 11.1. The Morgan fingerprint density at radius 2 is 1.05 bits per heavy atom. The normalized spacial score (nSPS) is 12.3. The van der Waals surface area contributed by atoms with Crippen LogP contribution in [-0.4, -0.2) is 9.13 Å². The Bertz CT molecular complexity index is 2530. The maximum Gasteiger partial charge on any atom is 0.154 e. The molecule has 0 spiro atoms. The topological polar surface area (TPSA) is 23.0 Å². The van der Waals surface area contributed by atoms with E-state index < -0.39 is 0 Å². The predicted molar refractivity (Wildman–Crippen MR) is 179 cm³/mol. The van der Waals surface area contributed by atoms with Crippen molar-refractivity contribution < 1.29 is 4.42 Å². The Hall–Kier alpha value is -4.80. The molecule has 4 heteroatoms. The third-order valence-electron chi connectivity index (χ3n) is 8.76. The van der Waals surface area contributed by atoms with E-state index in [0.717, 1.165) is 22.5 Å². The van der Waals surface area contributed by atoms with Crippen molar-refractivity contribution in [3.63, 3.8) is 0 Å². The second-order valence-electron chi connectivity index (χ2n) is 11.8. The molecule has 9 aromatic rings. The van der Waals surface area contributed by atoms with Crippen LogP contribution in [0.25, 0.3) is 75.6 Å². The average Bonchev–Trinajstić information content (AvgIpc) is 3.69. The summed E-state index contributed by atoms with van der Waals surface area (Å²) in [6.45, 7) is 8.62. The first-order valence-electron chi connectivity index (χ1n) is 14.4. The van der Waals surface area contributed by atoms with Gasteiger partial charge in [0.25, 0.3) is 0 Å². The van der Waals surface area contributed by atoms with Gasteiger partial charge in [0, 0.05) is 37.6 Å². The maximum atomic E-state index is 6.68. The summed E-state index contributed by atoms with van der Waals surface area (Å²) < 4.78 is 14.1. The lowest BCUT2D eigenvalue weighted by molar-refractivity contribution is 0.674. The molecular weight excluding hydrogens is 532 g/mol. The van der Waals surface area contributed by atoms with Crippen LogP contribution in [0, 0.1) is 27.7 Å². The van der Waals surface area contributed by atoms with Gasteiger partial charge in [0.15, 0.2) is 5.58 Å². The lowest BCUT2D eigenvalue weighted by atomic mass is 10.1. The lowest BCUT2D eigenvalue weighted by Gasteiger charge is -2.10. The summed E-state index contributed by atoms with van der Waals surface area (Å²) in [6, 6.07) is 35.9. The van der Waals surface area contributed by atoms with Crippen LogP contribution in [0.5, 0.6) is 0 Å². The molecule has 0 saturated carbocycles. The van der Waals surface area contributed by atoms with Gasteiger partial charge in [0.2, 0.25) is 0 Å². The van der Waals surface area contributed by atoms with Crippen LogP contribution in [0.3, 0.4) is 0 Å². The minimum Gasteiger partial charge on any atom is -0.454 e. The summed E-state index contributed by atoms with van der Waals surface area (Å²) in [6.07, 6.45) is 0. The van der Waals surface area contributed by atoms with Gasteiger partial charge in [-0.3, -0.25) is 0 Å². The van der Waals surface area contributed by atoms with E-state index in [4.69, 9.17) is 4.42 Å². The Morgan fingerprint density at radius 1 is 0.500 bits per heavy atom. The number of benzene rings is 5. The molecule has 0 radical (unpaired) electrons. The second kappa shape index (κ2) is 8.37. The minimum atomic E-state index is 0.936. The zero-order valence-corrected chi connectivity index (χ0v) is 24.8. The molecule has 202 valence electrons. The van der Waals surface area contributed by atoms with E-state index >= 15 is 0 Å². The number of thiophene rings is 1. The van der Waals surface area contributed by atoms with Crippen molar-refractivity contribution in [3.8, 4) is 11.4 Å². The molecule has 42 heavy (non-hydrogen) atoms. The molecule has 9 rings (SSSR count). The minimum absolute atomic E-state index is 0.936. The first kappa shape index (κ1) is 23.9. The first-order chi connectivity index (χ1) is 20.4. The third-order valence-corrected chi connectivity index (χ3v) is 9.92. The number of hydrogen-bond donors (Lipinski definition) is 0. The maximum absolute atomic E-state index is 6.68. The molecule has 3 nitrogen and oxygen atoms in total. The van der Waals surface area contributed by atoms with E-state index in [1.165, 1.54) is 75.3 Å². The van der Waals surface area contributed by atoms with Gasteiger partial charge in [0.1, 0.15) is 5.58 Å². The highest BCUT2D eigenvalue weighted by Gasteiger charge is 2.24. The standard InChI is InChI=1S/C38H28N2OS/c1-21-5-11-25(12-6-21)39-31-17-23(3)9-15-27(31)35-36(39)29-20-33-30(19-32(29)40(35)26-13-7-22(2)8-14-26)38-37(41-33)28-16-10-24(4)18-34(28)42-38/h5-20H,1-4H3. The van der Waals surface area contributed by atoms with Gasteiger partial charge in [-0.1, -0.05) is 53.6 Å². The Balaban J connectivity index is 1.50. The van der Waals surface area contributed by atoms with Gasteiger partial charge >= 0.3 is 0 Å². The third kappa shape index (κ3) is 3.21. The van der Waals surface area contributed by atoms with Crippen molar-refractivity contribution in [2.45, 2.75) is 27.7 Å². The fourth-order valence-corrected chi connectivity index (χ4v) is 7.92. The first-order valence-corrected chi connectivity index (χ1v) is 15.2. The van der Waals surface area contributed by atoms with E-state index in [0.29, 0.717) is 0 Å². The van der Waals surface area contributed by atoms with E-state index in [9.17, 15) is 0 Å². The number of aryl methyl sites for hydroxylation is 4. The molecule has 0 unspecified atom stereocenters. The molecule has 0 aliphatic rings. The van der Waals surface area contributed by atoms with E-state index in [1.807, 2.05) is 11.3 Å². The molecule has 0 amide bonds. The Labute approximate surface area is 246 Å². The number of hydrogen-bond acceptors (Lipinski definition) is 2. The van der Waals surface area contributed by atoms with Crippen molar-refractivity contribution in [2.24, 2.45) is 0 Å². The fourth-order valence-electron chi connectivity index (χ4n) is 6.67. The Morgan fingerprint density at radius 3 is 1.71 bits per heavy atom. The van der Waals surface area contributed by atoms with Gasteiger partial charge < -0.3 is 13.6 Å². The molecular formula is C38H28N2OS. The highest BCUT2D eigenvalue weighted by molar-refractivity contribution is 7.26. The van der Waals surface area contributed by atoms with E-state index in [-0.39, 0.29) is 0 Å². The van der Waals surface area contributed by atoms with Gasteiger partial charge in [-0.25, -0.2) is 0 Å². The molecule has 0 aliphatic heterocycles. The summed E-state index contributed by atoms with van der Waals surface area (Å²) in [7, 11) is 0. The molecule has 5 aromatic carbocycles. The number of aromatic nitrogens is 2. The van der Waals surface area contributed by atoms with Gasteiger partial charge in [0.05, 0.1) is 26.8 Å². The van der Waals surface area contributed by atoms with Crippen LogP contribution < -0.4 is 0 Å². The molecule has 4 heterocycles. The van der Waals surface area contributed by atoms with Crippen LogP contribution in [0.15, 0.2) is 101 Å². The van der Waals surface area contributed by atoms with Crippen molar-refractivity contribution in [1.82, 2.24) is 9.13 Å². The molecule has 0 bridgehead atoms. The van der Waals surface area contributed by atoms with Crippen molar-refractivity contribution in [2.75, 3.05) is 0 Å². The molecule has 0 saturated heterocycles. The summed E-state index contributed by atoms with van der Waals surface area (Å²) in [4.78, 5) is 0. The number of fused-ring (bicyclic) bond motifs is 10. The van der Waals surface area contributed by atoms with Gasteiger partial charge in [-0.2, -0.15) is 0 Å². The van der Waals surface area contributed by atoms with Crippen molar-refractivity contribution in [3.05, 3.63) is 119 Å². The molecule has 0 N–H and O–H groups in total.